The Balaban J connectivity index is 2.16. The smallest absolute Gasteiger partial charge is 0.253 e. The second-order valence-electron chi connectivity index (χ2n) is 4.47. The van der Waals surface area contributed by atoms with Crippen molar-refractivity contribution in [2.24, 2.45) is 0 Å². The molecule has 4 nitrogen and oxygen atoms in total. The summed E-state index contributed by atoms with van der Waals surface area (Å²) in [5.41, 5.74) is 6.73. The molecule has 0 spiro atoms. The van der Waals surface area contributed by atoms with Gasteiger partial charge in [-0.2, -0.15) is 0 Å². The van der Waals surface area contributed by atoms with E-state index in [2.05, 4.69) is 5.32 Å². The summed E-state index contributed by atoms with van der Waals surface area (Å²) < 4.78 is 5.03. The van der Waals surface area contributed by atoms with Gasteiger partial charge in [0.15, 0.2) is 0 Å². The van der Waals surface area contributed by atoms with Gasteiger partial charge in [0.05, 0.1) is 12.7 Å². The van der Waals surface area contributed by atoms with Gasteiger partial charge in [-0.1, -0.05) is 0 Å². The molecule has 0 aliphatic heterocycles. The van der Waals surface area contributed by atoms with Crippen LogP contribution in [-0.4, -0.2) is 18.6 Å². The first kappa shape index (κ1) is 10.8. The average Bonchev–Trinajstić information content (AvgIpc) is 2.95. The summed E-state index contributed by atoms with van der Waals surface area (Å²) in [6.07, 6.45) is 2.07. The van der Waals surface area contributed by atoms with E-state index in [1.54, 1.807) is 25.3 Å². The van der Waals surface area contributed by atoms with Crippen LogP contribution < -0.4 is 15.8 Å². The van der Waals surface area contributed by atoms with Crippen molar-refractivity contribution in [3.8, 4) is 5.75 Å². The molecule has 1 fully saturated rings. The van der Waals surface area contributed by atoms with Gasteiger partial charge >= 0.3 is 0 Å². The van der Waals surface area contributed by atoms with Crippen LogP contribution >= 0.6 is 0 Å². The summed E-state index contributed by atoms with van der Waals surface area (Å²) >= 11 is 0. The highest BCUT2D eigenvalue weighted by atomic mass is 16.5. The number of anilines is 1. The Morgan fingerprint density at radius 2 is 2.19 bits per heavy atom. The Labute approximate surface area is 94.8 Å². The quantitative estimate of drug-likeness (QED) is 0.760. The fraction of sp³-hybridized carbons (Fsp3) is 0.417. The first-order chi connectivity index (χ1) is 7.54. The number of nitrogens with two attached hydrogens (primary N) is 1. The molecular weight excluding hydrogens is 204 g/mol. The summed E-state index contributed by atoms with van der Waals surface area (Å²) in [5.74, 6) is 0.548. The Morgan fingerprint density at radius 1 is 1.50 bits per heavy atom. The number of hydrogen-bond donors (Lipinski definition) is 2. The molecule has 1 aliphatic rings. The van der Waals surface area contributed by atoms with Crippen molar-refractivity contribution in [2.45, 2.75) is 25.3 Å². The maximum atomic E-state index is 11.9. The summed E-state index contributed by atoms with van der Waals surface area (Å²) in [6, 6.07) is 5.08. The van der Waals surface area contributed by atoms with Gasteiger partial charge in [0, 0.05) is 17.3 Å². The van der Waals surface area contributed by atoms with Crippen LogP contribution in [0.2, 0.25) is 0 Å². The van der Waals surface area contributed by atoms with Crippen molar-refractivity contribution in [1.82, 2.24) is 5.32 Å². The lowest BCUT2D eigenvalue weighted by Gasteiger charge is -2.13. The van der Waals surface area contributed by atoms with E-state index in [1.165, 1.54) is 0 Å². The Hall–Kier alpha value is -1.71. The second-order valence-corrected chi connectivity index (χ2v) is 4.47. The minimum Gasteiger partial charge on any atom is -0.497 e. The maximum absolute atomic E-state index is 11.9. The van der Waals surface area contributed by atoms with Crippen molar-refractivity contribution in [2.75, 3.05) is 12.8 Å². The summed E-state index contributed by atoms with van der Waals surface area (Å²) in [4.78, 5) is 11.9. The molecule has 1 amide bonds. The lowest BCUT2D eigenvalue weighted by Crippen LogP contribution is -2.34. The molecule has 1 aromatic rings. The minimum absolute atomic E-state index is 0.0244. The Morgan fingerprint density at radius 3 is 2.69 bits per heavy atom. The van der Waals surface area contributed by atoms with E-state index in [-0.39, 0.29) is 11.4 Å². The summed E-state index contributed by atoms with van der Waals surface area (Å²) in [7, 11) is 1.57. The topological polar surface area (TPSA) is 64.3 Å². The molecule has 0 aromatic heterocycles. The van der Waals surface area contributed by atoms with Gasteiger partial charge in [0.2, 0.25) is 0 Å². The normalized spacial score (nSPS) is 16.6. The summed E-state index contributed by atoms with van der Waals surface area (Å²) in [6.45, 7) is 2.03. The molecule has 86 valence electrons. The molecule has 1 saturated carbocycles. The molecular formula is C12H16N2O2. The van der Waals surface area contributed by atoms with Gasteiger partial charge in [-0.3, -0.25) is 4.79 Å². The highest BCUT2D eigenvalue weighted by molar-refractivity contribution is 5.99. The van der Waals surface area contributed by atoms with Gasteiger partial charge in [0.25, 0.3) is 5.91 Å². The van der Waals surface area contributed by atoms with Crippen LogP contribution in [0.5, 0.6) is 5.75 Å². The van der Waals surface area contributed by atoms with Crippen LogP contribution in [0.25, 0.3) is 0 Å². The molecule has 16 heavy (non-hydrogen) atoms. The van der Waals surface area contributed by atoms with E-state index >= 15 is 0 Å². The predicted octanol–water partition coefficient (Wildman–Crippen LogP) is 1.56. The van der Waals surface area contributed by atoms with Gasteiger partial charge in [-0.05, 0) is 31.9 Å². The zero-order chi connectivity index (χ0) is 11.8. The van der Waals surface area contributed by atoms with Gasteiger partial charge < -0.3 is 15.8 Å². The zero-order valence-electron chi connectivity index (χ0n) is 9.54. The zero-order valence-corrected chi connectivity index (χ0v) is 9.54. The molecule has 1 aliphatic carbocycles. The van der Waals surface area contributed by atoms with Crippen LogP contribution in [-0.2, 0) is 0 Å². The number of nitrogens with one attached hydrogen (secondary N) is 1. The summed E-state index contributed by atoms with van der Waals surface area (Å²) in [5, 5.41) is 2.97. The molecule has 1 aromatic carbocycles. The first-order valence-electron chi connectivity index (χ1n) is 5.30. The fourth-order valence-corrected chi connectivity index (χ4v) is 1.53. The van der Waals surface area contributed by atoms with E-state index in [4.69, 9.17) is 10.5 Å². The first-order valence-corrected chi connectivity index (χ1v) is 5.30. The second kappa shape index (κ2) is 3.70. The minimum atomic E-state index is -0.111. The molecule has 0 saturated heterocycles. The van der Waals surface area contributed by atoms with E-state index < -0.39 is 0 Å². The molecule has 0 bridgehead atoms. The van der Waals surface area contributed by atoms with Crippen molar-refractivity contribution in [3.05, 3.63) is 23.8 Å². The molecule has 3 N–H and O–H groups in total. The monoisotopic (exact) mass is 220 g/mol. The molecule has 0 atom stereocenters. The number of benzene rings is 1. The van der Waals surface area contributed by atoms with Crippen LogP contribution in [0.1, 0.15) is 30.1 Å². The number of ether oxygens (including phenoxy) is 1. The Bertz CT molecular complexity index is 425. The van der Waals surface area contributed by atoms with E-state index in [9.17, 15) is 4.79 Å². The standard InChI is InChI=1S/C12H16N2O2/c1-12(5-6-12)14-11(15)9-4-3-8(16-2)7-10(9)13/h3-4,7H,5-6,13H2,1-2H3,(H,14,15). The molecule has 0 heterocycles. The number of methoxy groups -OCH3 is 1. The third-order valence-corrected chi connectivity index (χ3v) is 2.92. The lowest BCUT2D eigenvalue weighted by molar-refractivity contribution is 0.0936. The van der Waals surface area contributed by atoms with Gasteiger partial charge in [-0.15, -0.1) is 0 Å². The number of rotatable bonds is 3. The molecule has 4 heteroatoms. The van der Waals surface area contributed by atoms with Crippen LogP contribution in [0, 0.1) is 0 Å². The van der Waals surface area contributed by atoms with Crippen molar-refractivity contribution < 1.29 is 9.53 Å². The van der Waals surface area contributed by atoms with Crippen molar-refractivity contribution in [3.63, 3.8) is 0 Å². The number of amides is 1. The van der Waals surface area contributed by atoms with E-state index in [1.807, 2.05) is 6.92 Å². The van der Waals surface area contributed by atoms with Crippen LogP contribution in [0.15, 0.2) is 18.2 Å². The Kier molecular flexibility index (Phi) is 2.50. The largest absolute Gasteiger partial charge is 0.497 e. The highest BCUT2D eigenvalue weighted by Gasteiger charge is 2.39. The fourth-order valence-electron chi connectivity index (χ4n) is 1.53. The third kappa shape index (κ3) is 2.10. The van der Waals surface area contributed by atoms with Crippen LogP contribution in [0.3, 0.4) is 0 Å². The van der Waals surface area contributed by atoms with E-state index in [0.29, 0.717) is 17.0 Å². The van der Waals surface area contributed by atoms with Crippen LogP contribution in [0.4, 0.5) is 5.69 Å². The number of hydrogen-bond acceptors (Lipinski definition) is 3. The number of nitrogen functional groups attached to an aromatic ring is 1. The maximum Gasteiger partial charge on any atom is 0.253 e. The van der Waals surface area contributed by atoms with Crippen molar-refractivity contribution in [1.29, 1.82) is 0 Å². The van der Waals surface area contributed by atoms with E-state index in [0.717, 1.165) is 12.8 Å². The predicted molar refractivity (Wildman–Crippen MR) is 62.5 cm³/mol. The lowest BCUT2D eigenvalue weighted by atomic mass is 10.1. The SMILES string of the molecule is COc1ccc(C(=O)NC2(C)CC2)c(N)c1. The van der Waals surface area contributed by atoms with Crippen molar-refractivity contribution >= 4 is 11.6 Å². The number of carbonyl (C=O) groups excluding carboxylic acids is 1. The third-order valence-electron chi connectivity index (χ3n) is 2.92. The average molecular weight is 220 g/mol. The molecule has 0 radical (unpaired) electrons. The highest BCUT2D eigenvalue weighted by Crippen LogP contribution is 2.34. The molecule has 0 unspecified atom stereocenters. The molecule has 2 rings (SSSR count). The van der Waals surface area contributed by atoms with Gasteiger partial charge in [0.1, 0.15) is 5.75 Å². The van der Waals surface area contributed by atoms with Gasteiger partial charge in [-0.25, -0.2) is 0 Å². The number of carbonyl (C=O) groups is 1.